The number of nitro groups is 1. The van der Waals surface area contributed by atoms with Crippen LogP contribution in [0.4, 0.5) is 11.4 Å². The summed E-state index contributed by atoms with van der Waals surface area (Å²) in [6.45, 7) is 0. The summed E-state index contributed by atoms with van der Waals surface area (Å²) in [6, 6.07) is 4.10. The lowest BCUT2D eigenvalue weighted by Crippen LogP contribution is -2.11. The number of primary amides is 1. The predicted molar refractivity (Wildman–Crippen MR) is 63.6 cm³/mol. The fraction of sp³-hybridized carbons (Fsp3) is 0. The maximum absolute atomic E-state index is 10.9. The lowest BCUT2D eigenvalue weighted by Gasteiger charge is -2.00. The molecular formula is C10H9N5O3. The van der Waals surface area contributed by atoms with Crippen molar-refractivity contribution in [2.45, 2.75) is 0 Å². The summed E-state index contributed by atoms with van der Waals surface area (Å²) in [5, 5.41) is 10.9. The number of amides is 1. The van der Waals surface area contributed by atoms with Crippen LogP contribution in [0.5, 0.6) is 0 Å². The monoisotopic (exact) mass is 247 g/mol. The Morgan fingerprint density at radius 2 is 2.17 bits per heavy atom. The number of imidazole rings is 1. The normalized spacial score (nSPS) is 10.2. The first kappa shape index (κ1) is 11.6. The zero-order valence-electron chi connectivity index (χ0n) is 9.08. The van der Waals surface area contributed by atoms with Gasteiger partial charge in [-0.15, -0.1) is 0 Å². The molecule has 8 heteroatoms. The number of hydrogen-bond donors (Lipinski definition) is 3. The Hall–Kier alpha value is -2.90. The molecule has 0 atom stereocenters. The number of anilines is 1. The van der Waals surface area contributed by atoms with Gasteiger partial charge in [-0.05, 0) is 12.1 Å². The van der Waals surface area contributed by atoms with E-state index < -0.39 is 10.8 Å². The fourth-order valence-electron chi connectivity index (χ4n) is 1.49. The van der Waals surface area contributed by atoms with E-state index in [0.29, 0.717) is 5.69 Å². The molecule has 0 fully saturated rings. The first-order chi connectivity index (χ1) is 8.49. The van der Waals surface area contributed by atoms with Crippen molar-refractivity contribution in [2.75, 3.05) is 5.73 Å². The molecule has 5 N–H and O–H groups in total. The molecule has 0 saturated carbocycles. The van der Waals surface area contributed by atoms with E-state index >= 15 is 0 Å². The van der Waals surface area contributed by atoms with E-state index in [2.05, 4.69) is 9.97 Å². The summed E-state index contributed by atoms with van der Waals surface area (Å²) >= 11 is 0. The first-order valence-corrected chi connectivity index (χ1v) is 4.88. The third-order valence-electron chi connectivity index (χ3n) is 2.30. The van der Waals surface area contributed by atoms with Crippen molar-refractivity contribution in [1.82, 2.24) is 9.97 Å². The average molecular weight is 247 g/mol. The summed E-state index contributed by atoms with van der Waals surface area (Å²) in [5.41, 5.74) is 11.0. The molecule has 2 aromatic rings. The zero-order valence-corrected chi connectivity index (χ0v) is 9.08. The standard InChI is InChI=1S/C10H9N5O3/c11-5-1-2-8(15(17)18)6(3-5)10-13-4-7(14-10)9(12)16/h1-4H,11H2,(H2,12,16)(H,13,14). The highest BCUT2D eigenvalue weighted by Crippen LogP contribution is 2.29. The molecule has 1 aromatic carbocycles. The second-order valence-electron chi connectivity index (χ2n) is 3.53. The van der Waals surface area contributed by atoms with Crippen LogP contribution >= 0.6 is 0 Å². The summed E-state index contributed by atoms with van der Waals surface area (Å²) < 4.78 is 0. The van der Waals surface area contributed by atoms with Gasteiger partial charge in [-0.2, -0.15) is 0 Å². The quantitative estimate of drug-likeness (QED) is 0.415. The Morgan fingerprint density at radius 1 is 1.44 bits per heavy atom. The lowest BCUT2D eigenvalue weighted by atomic mass is 10.1. The molecule has 1 amide bonds. The number of benzene rings is 1. The average Bonchev–Trinajstić information content (AvgIpc) is 2.77. The van der Waals surface area contributed by atoms with Crippen LogP contribution in [0.2, 0.25) is 0 Å². The number of hydrogen-bond acceptors (Lipinski definition) is 5. The summed E-state index contributed by atoms with van der Waals surface area (Å²) in [4.78, 5) is 27.8. The van der Waals surface area contributed by atoms with Crippen LogP contribution < -0.4 is 11.5 Å². The van der Waals surface area contributed by atoms with E-state index in [9.17, 15) is 14.9 Å². The van der Waals surface area contributed by atoms with E-state index in [1.54, 1.807) is 0 Å². The Balaban J connectivity index is 2.57. The molecule has 0 unspecified atom stereocenters. The second-order valence-corrected chi connectivity index (χ2v) is 3.53. The van der Waals surface area contributed by atoms with Crippen molar-refractivity contribution in [1.29, 1.82) is 0 Å². The molecule has 0 radical (unpaired) electrons. The van der Waals surface area contributed by atoms with Crippen LogP contribution in [0.3, 0.4) is 0 Å². The predicted octanol–water partition coefficient (Wildman–Crippen LogP) is 0.666. The van der Waals surface area contributed by atoms with Gasteiger partial charge in [-0.3, -0.25) is 14.9 Å². The molecule has 0 spiro atoms. The Labute approximate surface area is 101 Å². The van der Waals surface area contributed by atoms with E-state index in [1.165, 1.54) is 24.4 Å². The number of aromatic nitrogens is 2. The number of nitrogens with zero attached hydrogens (tertiary/aromatic N) is 2. The summed E-state index contributed by atoms with van der Waals surface area (Å²) in [5.74, 6) is -0.549. The van der Waals surface area contributed by atoms with Crippen molar-refractivity contribution < 1.29 is 9.72 Å². The summed E-state index contributed by atoms with van der Waals surface area (Å²) in [6.07, 6.45) is 1.28. The number of H-pyrrole nitrogens is 1. The van der Waals surface area contributed by atoms with Gasteiger partial charge in [0.05, 0.1) is 10.5 Å². The maximum atomic E-state index is 10.9. The Bertz CT molecular complexity index is 634. The van der Waals surface area contributed by atoms with Gasteiger partial charge in [0.2, 0.25) is 0 Å². The van der Waals surface area contributed by atoms with Gasteiger partial charge in [0.15, 0.2) is 0 Å². The van der Waals surface area contributed by atoms with Gasteiger partial charge in [-0.25, -0.2) is 4.98 Å². The lowest BCUT2D eigenvalue weighted by molar-refractivity contribution is -0.384. The molecule has 1 aromatic heterocycles. The Kier molecular flexibility index (Phi) is 2.68. The second kappa shape index (κ2) is 4.17. The minimum Gasteiger partial charge on any atom is -0.399 e. The molecule has 8 nitrogen and oxygen atoms in total. The van der Waals surface area contributed by atoms with Crippen molar-refractivity contribution >= 4 is 17.3 Å². The van der Waals surface area contributed by atoms with Gasteiger partial charge in [0.25, 0.3) is 11.6 Å². The minimum atomic E-state index is -0.718. The van der Waals surface area contributed by atoms with Gasteiger partial charge >= 0.3 is 0 Å². The SMILES string of the molecule is NC(=O)c1c[nH]c(-c2cc(N)ccc2[N+](=O)[O-])n1. The number of nitrogens with two attached hydrogens (primary N) is 2. The number of nitrogens with one attached hydrogen (secondary N) is 1. The van der Waals surface area contributed by atoms with Gasteiger partial charge in [0.1, 0.15) is 11.5 Å². The fourth-order valence-corrected chi connectivity index (χ4v) is 1.49. The van der Waals surface area contributed by atoms with Crippen LogP contribution in [0.15, 0.2) is 24.4 Å². The van der Waals surface area contributed by atoms with Crippen LogP contribution in [0.25, 0.3) is 11.4 Å². The molecule has 0 saturated heterocycles. The third kappa shape index (κ3) is 1.98. The number of aromatic amines is 1. The van der Waals surface area contributed by atoms with E-state index in [0.717, 1.165) is 0 Å². The smallest absolute Gasteiger partial charge is 0.280 e. The Morgan fingerprint density at radius 3 is 2.72 bits per heavy atom. The number of rotatable bonds is 3. The van der Waals surface area contributed by atoms with E-state index in [-0.39, 0.29) is 22.8 Å². The molecule has 2 rings (SSSR count). The highest BCUT2D eigenvalue weighted by Gasteiger charge is 2.18. The van der Waals surface area contributed by atoms with Gasteiger partial charge in [0, 0.05) is 18.0 Å². The molecule has 92 valence electrons. The van der Waals surface area contributed by atoms with Crippen LogP contribution in [0.1, 0.15) is 10.5 Å². The number of carbonyl (C=O) groups excluding carboxylic acids is 1. The molecule has 0 aliphatic rings. The highest BCUT2D eigenvalue weighted by molar-refractivity contribution is 5.91. The van der Waals surface area contributed by atoms with Crippen molar-refractivity contribution in [3.05, 3.63) is 40.2 Å². The first-order valence-electron chi connectivity index (χ1n) is 4.88. The van der Waals surface area contributed by atoms with Gasteiger partial charge < -0.3 is 16.5 Å². The van der Waals surface area contributed by atoms with Crippen LogP contribution in [-0.4, -0.2) is 20.8 Å². The van der Waals surface area contributed by atoms with Crippen LogP contribution in [-0.2, 0) is 0 Å². The molecule has 0 bridgehead atoms. The maximum Gasteiger partial charge on any atom is 0.280 e. The highest BCUT2D eigenvalue weighted by atomic mass is 16.6. The van der Waals surface area contributed by atoms with Crippen molar-refractivity contribution in [2.24, 2.45) is 5.73 Å². The van der Waals surface area contributed by atoms with Crippen LogP contribution in [0, 0.1) is 10.1 Å². The molecular weight excluding hydrogens is 238 g/mol. The van der Waals surface area contributed by atoms with Crippen molar-refractivity contribution in [3.63, 3.8) is 0 Å². The van der Waals surface area contributed by atoms with Gasteiger partial charge in [-0.1, -0.05) is 0 Å². The number of nitro benzene ring substituents is 1. The molecule has 1 heterocycles. The summed E-state index contributed by atoms with van der Waals surface area (Å²) in [7, 11) is 0. The third-order valence-corrected chi connectivity index (χ3v) is 2.30. The van der Waals surface area contributed by atoms with Crippen molar-refractivity contribution in [3.8, 4) is 11.4 Å². The molecule has 18 heavy (non-hydrogen) atoms. The number of nitrogen functional groups attached to an aromatic ring is 1. The molecule has 0 aliphatic heterocycles. The number of carbonyl (C=O) groups is 1. The molecule has 0 aliphatic carbocycles. The van der Waals surface area contributed by atoms with E-state index in [4.69, 9.17) is 11.5 Å². The topological polar surface area (TPSA) is 141 Å². The van der Waals surface area contributed by atoms with E-state index in [1.807, 2.05) is 0 Å². The minimum absolute atomic E-state index is 0.00159. The largest absolute Gasteiger partial charge is 0.399 e. The zero-order chi connectivity index (χ0) is 13.3.